The third-order valence-electron chi connectivity index (χ3n) is 3.42. The maximum Gasteiger partial charge on any atom is 0.243 e. The van der Waals surface area contributed by atoms with Crippen LogP contribution < -0.4 is 5.32 Å². The summed E-state index contributed by atoms with van der Waals surface area (Å²) in [4.78, 5) is 0.397. The summed E-state index contributed by atoms with van der Waals surface area (Å²) in [6.07, 6.45) is 2.41. The molecular formula is C16H26N2O2S. The molecule has 0 amide bonds. The smallest absolute Gasteiger partial charge is 0.243 e. The molecule has 0 spiro atoms. The minimum Gasteiger partial charge on any atom is -0.316 e. The zero-order valence-electron chi connectivity index (χ0n) is 13.4. The van der Waals surface area contributed by atoms with Crippen molar-refractivity contribution < 1.29 is 8.42 Å². The van der Waals surface area contributed by atoms with Crippen molar-refractivity contribution in [1.29, 1.82) is 0 Å². The highest BCUT2D eigenvalue weighted by Gasteiger charge is 2.25. The standard InChI is InChI=1S/C16H26N2O2S/c1-6-8-18(9-7-2)21(19,20)16-11-15(12-17-5)13(3)10-14(16)4/h6,10-11,17H,1,7-9,12H2,2-5H3. The number of hydrogen-bond donors (Lipinski definition) is 1. The van der Waals surface area contributed by atoms with E-state index in [0.29, 0.717) is 24.5 Å². The Morgan fingerprint density at radius 1 is 1.29 bits per heavy atom. The lowest BCUT2D eigenvalue weighted by Gasteiger charge is -2.22. The molecule has 0 unspecified atom stereocenters. The van der Waals surface area contributed by atoms with Gasteiger partial charge >= 0.3 is 0 Å². The lowest BCUT2D eigenvalue weighted by Crippen LogP contribution is -2.32. The fourth-order valence-corrected chi connectivity index (χ4v) is 4.14. The van der Waals surface area contributed by atoms with Gasteiger partial charge in [0.2, 0.25) is 10.0 Å². The van der Waals surface area contributed by atoms with Crippen LogP contribution in [-0.4, -0.2) is 32.9 Å². The van der Waals surface area contributed by atoms with Gasteiger partial charge in [-0.3, -0.25) is 0 Å². The Morgan fingerprint density at radius 2 is 1.95 bits per heavy atom. The summed E-state index contributed by atoms with van der Waals surface area (Å²) in [5, 5.41) is 3.08. The Morgan fingerprint density at radius 3 is 2.48 bits per heavy atom. The van der Waals surface area contributed by atoms with Crippen LogP contribution in [0, 0.1) is 13.8 Å². The van der Waals surface area contributed by atoms with Gasteiger partial charge in [0.05, 0.1) is 4.90 Å². The molecule has 21 heavy (non-hydrogen) atoms. The van der Waals surface area contributed by atoms with Crippen LogP contribution in [0.25, 0.3) is 0 Å². The molecule has 0 fully saturated rings. The van der Waals surface area contributed by atoms with Crippen molar-refractivity contribution in [3.63, 3.8) is 0 Å². The van der Waals surface area contributed by atoms with Gasteiger partial charge in [-0.15, -0.1) is 6.58 Å². The average molecular weight is 310 g/mol. The lowest BCUT2D eigenvalue weighted by molar-refractivity contribution is 0.441. The highest BCUT2D eigenvalue weighted by molar-refractivity contribution is 7.89. The molecule has 0 aliphatic heterocycles. The van der Waals surface area contributed by atoms with Gasteiger partial charge in [-0.2, -0.15) is 4.31 Å². The summed E-state index contributed by atoms with van der Waals surface area (Å²) in [7, 11) is -1.62. The van der Waals surface area contributed by atoms with Crippen LogP contribution in [-0.2, 0) is 16.6 Å². The second kappa shape index (κ2) is 7.73. The first-order valence-electron chi connectivity index (χ1n) is 7.24. The molecule has 0 heterocycles. The van der Waals surface area contributed by atoms with E-state index in [1.165, 1.54) is 4.31 Å². The van der Waals surface area contributed by atoms with Gasteiger partial charge in [-0.1, -0.05) is 19.1 Å². The minimum absolute atomic E-state index is 0.338. The Bertz CT molecular complexity index is 595. The van der Waals surface area contributed by atoms with Crippen molar-refractivity contribution in [3.05, 3.63) is 41.5 Å². The van der Waals surface area contributed by atoms with E-state index in [0.717, 1.165) is 23.1 Å². The summed E-state index contributed by atoms with van der Waals surface area (Å²) in [5.41, 5.74) is 2.90. The van der Waals surface area contributed by atoms with Crippen LogP contribution in [0.15, 0.2) is 29.7 Å². The molecule has 118 valence electrons. The first kappa shape index (κ1) is 17.9. The van der Waals surface area contributed by atoms with E-state index < -0.39 is 10.0 Å². The lowest BCUT2D eigenvalue weighted by atomic mass is 10.1. The van der Waals surface area contributed by atoms with Crippen LogP contribution in [0.1, 0.15) is 30.0 Å². The molecule has 1 aromatic rings. The van der Waals surface area contributed by atoms with Crippen molar-refractivity contribution >= 4 is 10.0 Å². The van der Waals surface area contributed by atoms with E-state index in [2.05, 4.69) is 11.9 Å². The maximum absolute atomic E-state index is 12.9. The second-order valence-electron chi connectivity index (χ2n) is 5.23. The normalized spacial score (nSPS) is 11.9. The van der Waals surface area contributed by atoms with Crippen LogP contribution in [0.3, 0.4) is 0 Å². The predicted molar refractivity (Wildman–Crippen MR) is 87.9 cm³/mol. The topological polar surface area (TPSA) is 49.4 Å². The number of rotatable bonds is 8. The highest BCUT2D eigenvalue weighted by Crippen LogP contribution is 2.24. The molecule has 0 bridgehead atoms. The average Bonchev–Trinajstić information content (AvgIpc) is 2.41. The van der Waals surface area contributed by atoms with Crippen molar-refractivity contribution in [2.45, 2.75) is 38.6 Å². The Balaban J connectivity index is 3.34. The van der Waals surface area contributed by atoms with Crippen molar-refractivity contribution in [2.24, 2.45) is 0 Å². The molecule has 0 saturated carbocycles. The third-order valence-corrected chi connectivity index (χ3v) is 5.43. The van der Waals surface area contributed by atoms with Crippen LogP contribution in [0.5, 0.6) is 0 Å². The number of benzene rings is 1. The Hall–Kier alpha value is -1.17. The summed E-state index contributed by atoms with van der Waals surface area (Å²) in [5.74, 6) is 0. The molecule has 4 nitrogen and oxygen atoms in total. The number of nitrogens with one attached hydrogen (secondary N) is 1. The molecule has 0 saturated heterocycles. The fraction of sp³-hybridized carbons (Fsp3) is 0.500. The van der Waals surface area contributed by atoms with E-state index in [1.54, 1.807) is 12.1 Å². The maximum atomic E-state index is 12.9. The molecule has 5 heteroatoms. The molecule has 1 aromatic carbocycles. The van der Waals surface area contributed by atoms with Gasteiger partial charge < -0.3 is 5.32 Å². The van der Waals surface area contributed by atoms with Gasteiger partial charge in [0.15, 0.2) is 0 Å². The van der Waals surface area contributed by atoms with Crippen molar-refractivity contribution in [3.8, 4) is 0 Å². The molecule has 0 atom stereocenters. The number of nitrogens with zero attached hydrogens (tertiary/aromatic N) is 1. The Kier molecular flexibility index (Phi) is 6.58. The zero-order chi connectivity index (χ0) is 16.0. The van der Waals surface area contributed by atoms with Crippen LogP contribution in [0.2, 0.25) is 0 Å². The van der Waals surface area contributed by atoms with Gasteiger partial charge in [-0.05, 0) is 50.1 Å². The zero-order valence-corrected chi connectivity index (χ0v) is 14.3. The first-order valence-corrected chi connectivity index (χ1v) is 8.68. The van der Waals surface area contributed by atoms with Crippen molar-refractivity contribution in [1.82, 2.24) is 9.62 Å². The van der Waals surface area contributed by atoms with Crippen molar-refractivity contribution in [2.75, 3.05) is 20.1 Å². The number of aryl methyl sites for hydroxylation is 2. The van der Waals surface area contributed by atoms with Gasteiger partial charge in [0, 0.05) is 19.6 Å². The number of sulfonamides is 1. The molecule has 0 radical (unpaired) electrons. The van der Waals surface area contributed by atoms with Gasteiger partial charge in [-0.25, -0.2) is 8.42 Å². The SMILES string of the molecule is C=CCN(CCC)S(=O)(=O)c1cc(CNC)c(C)cc1C. The quantitative estimate of drug-likeness (QED) is 0.751. The van der Waals surface area contributed by atoms with E-state index in [1.807, 2.05) is 33.9 Å². The Labute approximate surface area is 128 Å². The molecule has 0 aromatic heterocycles. The molecule has 0 aliphatic rings. The summed E-state index contributed by atoms with van der Waals surface area (Å²) in [6, 6.07) is 3.74. The molecule has 1 N–H and O–H groups in total. The first-order chi connectivity index (χ1) is 9.88. The monoisotopic (exact) mass is 310 g/mol. The van der Waals surface area contributed by atoms with Crippen LogP contribution in [0.4, 0.5) is 0 Å². The largest absolute Gasteiger partial charge is 0.316 e. The van der Waals surface area contributed by atoms with E-state index in [4.69, 9.17) is 0 Å². The molecule has 0 aliphatic carbocycles. The number of hydrogen-bond acceptors (Lipinski definition) is 3. The minimum atomic E-state index is -3.48. The fourth-order valence-electron chi connectivity index (χ4n) is 2.38. The van der Waals surface area contributed by atoms with Gasteiger partial charge in [0.1, 0.15) is 0 Å². The molecular weight excluding hydrogens is 284 g/mol. The van der Waals surface area contributed by atoms with Gasteiger partial charge in [0.25, 0.3) is 0 Å². The highest BCUT2D eigenvalue weighted by atomic mass is 32.2. The summed E-state index contributed by atoms with van der Waals surface area (Å²) in [6.45, 7) is 11.0. The van der Waals surface area contributed by atoms with E-state index in [9.17, 15) is 8.42 Å². The van der Waals surface area contributed by atoms with Crippen LogP contribution >= 0.6 is 0 Å². The summed E-state index contributed by atoms with van der Waals surface area (Å²) < 4.78 is 27.2. The molecule has 1 rings (SSSR count). The van der Waals surface area contributed by atoms with E-state index in [-0.39, 0.29) is 0 Å². The summed E-state index contributed by atoms with van der Waals surface area (Å²) >= 11 is 0. The second-order valence-corrected chi connectivity index (χ2v) is 7.13. The third kappa shape index (κ3) is 4.15. The predicted octanol–water partition coefficient (Wildman–Crippen LogP) is 2.61. The van der Waals surface area contributed by atoms with E-state index >= 15 is 0 Å².